The minimum atomic E-state index is -5.06. The summed E-state index contributed by atoms with van der Waals surface area (Å²) >= 11 is 0. The summed E-state index contributed by atoms with van der Waals surface area (Å²) < 4.78 is 59.0. The van der Waals surface area contributed by atoms with Crippen molar-refractivity contribution in [1.29, 1.82) is 0 Å². The molecule has 0 saturated heterocycles. The second-order valence-corrected chi connectivity index (χ2v) is 15.0. The lowest BCUT2D eigenvalue weighted by molar-refractivity contribution is -0.277. The van der Waals surface area contributed by atoms with Crippen molar-refractivity contribution in [3.63, 3.8) is 0 Å². The van der Waals surface area contributed by atoms with Gasteiger partial charge in [0.1, 0.15) is 0 Å². The largest absolute Gasteiger partial charge is 0.446 e. The smallest absolute Gasteiger partial charge is 0.432 e. The number of benzene rings is 1. The van der Waals surface area contributed by atoms with Crippen LogP contribution in [0.5, 0.6) is 0 Å². The van der Waals surface area contributed by atoms with Crippen LogP contribution in [0.1, 0.15) is 52.5 Å². The number of methoxy groups -OCH3 is 1. The number of alkyl halides is 3. The summed E-state index contributed by atoms with van der Waals surface area (Å²) in [4.78, 5) is 13.1. The van der Waals surface area contributed by atoms with Crippen LogP contribution in [0.15, 0.2) is 66.8 Å². The summed E-state index contributed by atoms with van der Waals surface area (Å²) in [6.07, 6.45) is 6.40. The Morgan fingerprint density at radius 1 is 1.03 bits per heavy atom. The number of allylic oxidation sites excluding steroid dienone is 4. The number of carbonyl (C=O) groups excluding carboxylic acids is 1. The van der Waals surface area contributed by atoms with Crippen LogP contribution >= 0.6 is 0 Å². The van der Waals surface area contributed by atoms with Crippen LogP contribution in [0.25, 0.3) is 0 Å². The fourth-order valence-corrected chi connectivity index (χ4v) is 4.06. The topological polar surface area (TPSA) is 44.8 Å². The molecule has 4 nitrogen and oxygen atoms in total. The van der Waals surface area contributed by atoms with E-state index in [2.05, 4.69) is 45.7 Å². The van der Waals surface area contributed by atoms with E-state index in [0.717, 1.165) is 13.5 Å². The lowest BCUT2D eigenvalue weighted by atomic mass is 9.92. The maximum Gasteiger partial charge on any atom is 0.432 e. The van der Waals surface area contributed by atoms with E-state index >= 15 is 0 Å². The molecular weight excluding hydrogens is 509 g/mol. The average Bonchev–Trinajstić information content (AvgIpc) is 2.83. The number of rotatable bonds is 12. The third-order valence-electron chi connectivity index (χ3n) is 6.41. The molecule has 210 valence electrons. The molecule has 0 saturated carbocycles. The third kappa shape index (κ3) is 9.61. The Labute approximate surface area is 227 Å². The monoisotopic (exact) mass is 550 g/mol. The van der Waals surface area contributed by atoms with Crippen molar-refractivity contribution in [3.05, 3.63) is 72.4 Å². The molecule has 38 heavy (non-hydrogen) atoms. The first-order chi connectivity index (χ1) is 17.7. The zero-order valence-electron chi connectivity index (χ0n) is 23.5. The van der Waals surface area contributed by atoms with Crippen molar-refractivity contribution in [2.45, 2.75) is 83.0 Å². The summed E-state index contributed by atoms with van der Waals surface area (Å²) in [6, 6.07) is 6.73. The highest BCUT2D eigenvalue weighted by Gasteiger charge is 2.64. The van der Waals surface area contributed by atoms with Crippen LogP contribution in [0, 0.1) is 11.8 Å². The normalized spacial score (nSPS) is 15.4. The number of ether oxygens (including phenoxy) is 2. The van der Waals surface area contributed by atoms with E-state index in [1.54, 1.807) is 24.3 Å². The maximum atomic E-state index is 14.3. The van der Waals surface area contributed by atoms with Gasteiger partial charge in [-0.3, -0.25) is 0 Å². The quantitative estimate of drug-likeness (QED) is 0.115. The van der Waals surface area contributed by atoms with E-state index in [0.29, 0.717) is 13.0 Å². The molecule has 0 aromatic heterocycles. The van der Waals surface area contributed by atoms with Crippen LogP contribution < -0.4 is 0 Å². The van der Waals surface area contributed by atoms with Crippen LogP contribution in [-0.2, 0) is 24.3 Å². The van der Waals surface area contributed by atoms with Gasteiger partial charge in [0, 0.05) is 19.1 Å². The SMILES string of the molecule is CC/C=C\C/C=C\C[C@@H](C#C/C=C/CO[Si](C)(C)C(C)(C)C)OC(=O)[C@@](OC)(c1ccccc1)C(F)(F)F. The Balaban J connectivity index is 3.15. The first kappa shape index (κ1) is 33.4. The molecule has 0 spiro atoms. The van der Waals surface area contributed by atoms with Crippen LogP contribution in [-0.4, -0.2) is 40.3 Å². The van der Waals surface area contributed by atoms with Gasteiger partial charge in [-0.2, -0.15) is 13.2 Å². The predicted octanol–water partition coefficient (Wildman–Crippen LogP) is 7.89. The molecule has 0 aliphatic carbocycles. The molecule has 1 aromatic rings. The summed E-state index contributed by atoms with van der Waals surface area (Å²) in [5.41, 5.74) is -3.64. The van der Waals surface area contributed by atoms with Gasteiger partial charge in [-0.15, -0.1) is 0 Å². The van der Waals surface area contributed by atoms with Crippen LogP contribution in [0.3, 0.4) is 0 Å². The van der Waals surface area contributed by atoms with Gasteiger partial charge in [-0.05, 0) is 37.0 Å². The molecule has 0 radical (unpaired) electrons. The van der Waals surface area contributed by atoms with E-state index < -0.39 is 32.2 Å². The fourth-order valence-electron chi connectivity index (χ4n) is 3.11. The standard InChI is InChI=1S/C30H41F3O4Si/c1-8-9-10-11-12-17-22-26(23-18-14-19-24-36-38(6,7)28(2,3)4)37-27(34)29(35-5,30(31,32)33)25-20-15-13-16-21-25/h9-10,12-17,19-21,26H,8,11,22,24H2,1-7H3/b10-9-,17-12-,19-14+/t26-,29-/m0/s1. The van der Waals surface area contributed by atoms with Crippen molar-refractivity contribution in [2.75, 3.05) is 13.7 Å². The van der Waals surface area contributed by atoms with Gasteiger partial charge in [0.05, 0.1) is 6.61 Å². The molecule has 2 atom stereocenters. The summed E-state index contributed by atoms with van der Waals surface area (Å²) in [5.74, 6) is 3.98. The third-order valence-corrected chi connectivity index (χ3v) is 10.9. The molecule has 0 aliphatic heterocycles. The molecule has 8 heteroatoms. The molecule has 1 rings (SSSR count). The van der Waals surface area contributed by atoms with E-state index in [-0.39, 0.29) is 17.0 Å². The van der Waals surface area contributed by atoms with Crippen molar-refractivity contribution < 1.29 is 31.9 Å². The average molecular weight is 551 g/mol. The van der Waals surface area contributed by atoms with Gasteiger partial charge < -0.3 is 13.9 Å². The zero-order valence-corrected chi connectivity index (χ0v) is 24.5. The van der Waals surface area contributed by atoms with Gasteiger partial charge in [-0.1, -0.05) is 100 Å². The Morgan fingerprint density at radius 2 is 1.66 bits per heavy atom. The molecule has 0 fully saturated rings. The minimum absolute atomic E-state index is 0.0650. The molecule has 1 aromatic carbocycles. The Kier molecular flexibility index (Phi) is 13.3. The van der Waals surface area contributed by atoms with Gasteiger partial charge in [0.15, 0.2) is 14.4 Å². The molecule has 0 heterocycles. The van der Waals surface area contributed by atoms with E-state index in [4.69, 9.17) is 13.9 Å². The molecule has 0 aliphatic rings. The number of halogens is 3. The second-order valence-electron chi connectivity index (χ2n) is 10.2. The maximum absolute atomic E-state index is 14.3. The van der Waals surface area contributed by atoms with Crippen molar-refractivity contribution >= 4 is 14.3 Å². The van der Waals surface area contributed by atoms with Gasteiger partial charge in [0.2, 0.25) is 0 Å². The van der Waals surface area contributed by atoms with E-state index in [9.17, 15) is 18.0 Å². The van der Waals surface area contributed by atoms with Crippen LogP contribution in [0.2, 0.25) is 18.1 Å². The number of hydrogen-bond donors (Lipinski definition) is 0. The number of esters is 1. The summed E-state index contributed by atoms with van der Waals surface area (Å²) in [6.45, 7) is 13.1. The Hall–Kier alpha value is -2.60. The van der Waals surface area contributed by atoms with E-state index in [1.165, 1.54) is 24.3 Å². The van der Waals surface area contributed by atoms with Crippen molar-refractivity contribution in [2.24, 2.45) is 0 Å². The van der Waals surface area contributed by atoms with Crippen molar-refractivity contribution in [1.82, 2.24) is 0 Å². The van der Waals surface area contributed by atoms with E-state index in [1.807, 2.05) is 25.2 Å². The fraction of sp³-hybridized carbons (Fsp3) is 0.500. The summed E-state index contributed by atoms with van der Waals surface area (Å²) in [7, 11) is -1.08. The number of hydrogen-bond acceptors (Lipinski definition) is 4. The van der Waals surface area contributed by atoms with Gasteiger partial charge >= 0.3 is 12.1 Å². The predicted molar refractivity (Wildman–Crippen MR) is 149 cm³/mol. The minimum Gasteiger partial charge on any atom is -0.446 e. The lowest BCUT2D eigenvalue weighted by Gasteiger charge is -2.35. The Bertz CT molecular complexity index is 1010. The molecule has 0 bridgehead atoms. The first-order valence-electron chi connectivity index (χ1n) is 12.7. The molecular formula is C30H41F3O4Si. The van der Waals surface area contributed by atoms with Gasteiger partial charge in [-0.25, -0.2) is 4.79 Å². The van der Waals surface area contributed by atoms with Crippen molar-refractivity contribution in [3.8, 4) is 11.8 Å². The molecule has 0 amide bonds. The second kappa shape index (κ2) is 15.1. The highest BCUT2D eigenvalue weighted by Crippen LogP contribution is 2.43. The number of carbonyl (C=O) groups is 1. The summed E-state index contributed by atoms with van der Waals surface area (Å²) in [5, 5.41) is 0.0650. The Morgan fingerprint density at radius 3 is 2.21 bits per heavy atom. The highest BCUT2D eigenvalue weighted by molar-refractivity contribution is 6.74. The zero-order chi connectivity index (χ0) is 28.9. The molecule has 0 N–H and O–H groups in total. The van der Waals surface area contributed by atoms with Crippen LogP contribution in [0.4, 0.5) is 13.2 Å². The highest BCUT2D eigenvalue weighted by atomic mass is 28.4. The molecule has 0 unspecified atom stereocenters. The van der Waals surface area contributed by atoms with Gasteiger partial charge in [0.25, 0.3) is 5.60 Å². The lowest BCUT2D eigenvalue weighted by Crippen LogP contribution is -2.52. The first-order valence-corrected chi connectivity index (χ1v) is 15.6.